The molecule has 1 heterocycles. The normalized spacial score (nSPS) is 14.6. The number of carbonyl (C=O) groups is 6. The van der Waals surface area contributed by atoms with Crippen molar-refractivity contribution in [1.29, 1.82) is 0 Å². The summed E-state index contributed by atoms with van der Waals surface area (Å²) >= 11 is 0. The van der Waals surface area contributed by atoms with Gasteiger partial charge in [-0.3, -0.25) is 14.4 Å². The number of carboxylic acids is 3. The van der Waals surface area contributed by atoms with Crippen LogP contribution in [0.4, 0.5) is 14.4 Å². The SMILES string of the molecule is CC(=O)O.CC(=O)O.CC(=O)O.CN1CCN(C(=O)O)CCN(C(=O)O)CCN(C(=O)O)CC1. The summed E-state index contributed by atoms with van der Waals surface area (Å²) in [4.78, 5) is 65.7. The quantitative estimate of drug-likeness (QED) is 0.261. The van der Waals surface area contributed by atoms with E-state index in [1.54, 1.807) is 7.05 Å². The lowest BCUT2D eigenvalue weighted by atomic mass is 10.3. The molecule has 0 aliphatic carbocycles. The van der Waals surface area contributed by atoms with E-state index in [-0.39, 0.29) is 39.3 Å². The zero-order chi connectivity index (χ0) is 27.4. The second kappa shape index (κ2) is 19.8. The highest BCUT2D eigenvalue weighted by Crippen LogP contribution is 2.00. The monoisotopic (exact) mass is 498 g/mol. The number of hydrogen-bond acceptors (Lipinski definition) is 7. The van der Waals surface area contributed by atoms with Crippen molar-refractivity contribution < 1.29 is 59.4 Å². The molecule has 0 spiro atoms. The van der Waals surface area contributed by atoms with Crippen molar-refractivity contribution in [2.75, 3.05) is 59.4 Å². The van der Waals surface area contributed by atoms with Crippen LogP contribution in [0.25, 0.3) is 0 Å². The molecule has 34 heavy (non-hydrogen) atoms. The average molecular weight is 498 g/mol. The van der Waals surface area contributed by atoms with Crippen LogP contribution in [0, 0.1) is 0 Å². The van der Waals surface area contributed by atoms with Crippen LogP contribution in [0.2, 0.25) is 0 Å². The van der Waals surface area contributed by atoms with Crippen LogP contribution in [0.1, 0.15) is 20.8 Å². The van der Waals surface area contributed by atoms with Crippen molar-refractivity contribution in [3.05, 3.63) is 0 Å². The van der Waals surface area contributed by atoms with Gasteiger partial charge in [-0.1, -0.05) is 0 Å². The van der Waals surface area contributed by atoms with Gasteiger partial charge < -0.3 is 50.2 Å². The van der Waals surface area contributed by atoms with E-state index >= 15 is 0 Å². The lowest BCUT2D eigenvalue weighted by molar-refractivity contribution is -0.135. The summed E-state index contributed by atoms with van der Waals surface area (Å²) < 4.78 is 0. The number of hydrogen-bond donors (Lipinski definition) is 6. The van der Waals surface area contributed by atoms with E-state index in [0.717, 1.165) is 25.7 Å². The molecule has 0 aromatic rings. The molecule has 0 aromatic carbocycles. The molecule has 3 amide bonds. The first kappa shape index (κ1) is 34.8. The van der Waals surface area contributed by atoms with E-state index in [2.05, 4.69) is 0 Å². The van der Waals surface area contributed by atoms with Gasteiger partial charge in [-0.05, 0) is 7.05 Å². The molecule has 198 valence electrons. The van der Waals surface area contributed by atoms with Gasteiger partial charge in [0, 0.05) is 73.1 Å². The Morgan fingerprint density at radius 2 is 0.588 bits per heavy atom. The van der Waals surface area contributed by atoms with E-state index in [1.807, 2.05) is 4.90 Å². The van der Waals surface area contributed by atoms with Crippen molar-refractivity contribution in [1.82, 2.24) is 19.6 Å². The number of carboxylic acid groups (broad SMARTS) is 6. The van der Waals surface area contributed by atoms with E-state index in [9.17, 15) is 14.4 Å². The van der Waals surface area contributed by atoms with E-state index in [0.29, 0.717) is 13.1 Å². The van der Waals surface area contributed by atoms with Crippen molar-refractivity contribution in [2.24, 2.45) is 0 Å². The van der Waals surface area contributed by atoms with Crippen molar-refractivity contribution in [2.45, 2.75) is 20.8 Å². The summed E-state index contributed by atoms with van der Waals surface area (Å²) in [5.41, 5.74) is 0. The Bertz CT molecular complexity index is 603. The van der Waals surface area contributed by atoms with Gasteiger partial charge in [-0.15, -0.1) is 0 Å². The van der Waals surface area contributed by atoms with Crippen LogP contribution in [-0.4, -0.2) is 146 Å². The molecule has 1 fully saturated rings. The predicted octanol–water partition coefficient (Wildman–Crippen LogP) is 0.145. The van der Waals surface area contributed by atoms with Crippen LogP contribution in [0.5, 0.6) is 0 Å². The minimum atomic E-state index is -1.19. The molecule has 1 aliphatic heterocycles. The van der Waals surface area contributed by atoms with Gasteiger partial charge >= 0.3 is 18.3 Å². The fourth-order valence-electron chi connectivity index (χ4n) is 2.09. The molecule has 1 aliphatic rings. The molecule has 0 atom stereocenters. The molecule has 0 radical (unpaired) electrons. The largest absolute Gasteiger partial charge is 0.481 e. The Balaban J connectivity index is -0.000000661. The Labute approximate surface area is 196 Å². The Morgan fingerprint density at radius 1 is 0.441 bits per heavy atom. The smallest absolute Gasteiger partial charge is 0.407 e. The lowest BCUT2D eigenvalue weighted by Crippen LogP contribution is -2.48. The van der Waals surface area contributed by atoms with Crippen LogP contribution < -0.4 is 0 Å². The second-order valence-corrected chi connectivity index (χ2v) is 6.67. The van der Waals surface area contributed by atoms with E-state index < -0.39 is 36.2 Å². The number of nitrogens with zero attached hydrogens (tertiary/aromatic N) is 4. The van der Waals surface area contributed by atoms with E-state index in [1.165, 1.54) is 9.80 Å². The summed E-state index contributed by atoms with van der Waals surface area (Å²) in [5.74, 6) is -2.50. The minimum Gasteiger partial charge on any atom is -0.481 e. The van der Waals surface area contributed by atoms with Gasteiger partial charge in [0.05, 0.1) is 0 Å². The molecule has 0 unspecified atom stereocenters. The van der Waals surface area contributed by atoms with Gasteiger partial charge in [0.15, 0.2) is 0 Å². The van der Waals surface area contributed by atoms with Gasteiger partial charge in [-0.25, -0.2) is 14.4 Å². The summed E-state index contributed by atoms with van der Waals surface area (Å²) in [6.07, 6.45) is -3.38. The molecule has 16 nitrogen and oxygen atoms in total. The highest BCUT2D eigenvalue weighted by molar-refractivity contribution is 5.67. The Kier molecular flexibility index (Phi) is 20.3. The molecular weight excluding hydrogens is 464 g/mol. The number of rotatable bonds is 0. The fraction of sp³-hybridized carbons (Fsp3) is 0.667. The predicted molar refractivity (Wildman–Crippen MR) is 116 cm³/mol. The standard InChI is InChI=1S/C12H22N4O6.3C2H4O2/c1-13-2-4-14(10(17)18)6-8-16(12(21)22)9-7-15(5-3-13)11(19)20;3*1-2(3)4/h2-9H2,1H3,(H,17,18)(H,19,20)(H,21,22);3*1H3,(H,3,4). The van der Waals surface area contributed by atoms with Crippen LogP contribution in [-0.2, 0) is 14.4 Å². The third-order valence-corrected chi connectivity index (χ3v) is 3.59. The molecule has 0 bridgehead atoms. The molecule has 16 heteroatoms. The highest BCUT2D eigenvalue weighted by Gasteiger charge is 2.21. The summed E-state index contributed by atoms with van der Waals surface area (Å²) in [6, 6.07) is 0. The van der Waals surface area contributed by atoms with Gasteiger partial charge in [0.25, 0.3) is 17.9 Å². The van der Waals surface area contributed by atoms with Crippen LogP contribution >= 0.6 is 0 Å². The Hall–Kier alpha value is -3.82. The molecule has 0 aromatic heterocycles. The second-order valence-electron chi connectivity index (χ2n) is 6.67. The van der Waals surface area contributed by atoms with Gasteiger partial charge in [-0.2, -0.15) is 0 Å². The summed E-state index contributed by atoms with van der Waals surface area (Å²) in [5, 5.41) is 49.6. The van der Waals surface area contributed by atoms with E-state index in [4.69, 9.17) is 45.0 Å². The highest BCUT2D eigenvalue weighted by atomic mass is 16.4. The van der Waals surface area contributed by atoms with Crippen molar-refractivity contribution in [3.8, 4) is 0 Å². The summed E-state index contributed by atoms with van der Waals surface area (Å²) in [7, 11) is 1.79. The molecule has 1 saturated heterocycles. The molecule has 6 N–H and O–H groups in total. The first-order valence-electron chi connectivity index (χ1n) is 9.71. The minimum absolute atomic E-state index is 0.0127. The summed E-state index contributed by atoms with van der Waals surface area (Å²) in [6.45, 7) is 4.78. The van der Waals surface area contributed by atoms with Gasteiger partial charge in [0.2, 0.25) is 0 Å². The zero-order valence-corrected chi connectivity index (χ0v) is 19.6. The van der Waals surface area contributed by atoms with Crippen LogP contribution in [0.15, 0.2) is 0 Å². The van der Waals surface area contributed by atoms with Crippen molar-refractivity contribution >= 4 is 36.2 Å². The maximum atomic E-state index is 11.2. The number of aliphatic carboxylic acids is 3. The Morgan fingerprint density at radius 3 is 0.735 bits per heavy atom. The topological polar surface area (TPSA) is 237 Å². The third kappa shape index (κ3) is 26.2. The molecule has 0 saturated carbocycles. The molecular formula is C18H34N4O12. The maximum Gasteiger partial charge on any atom is 0.407 e. The van der Waals surface area contributed by atoms with Gasteiger partial charge in [0.1, 0.15) is 0 Å². The third-order valence-electron chi connectivity index (χ3n) is 3.59. The fourth-order valence-corrected chi connectivity index (χ4v) is 2.09. The number of amides is 3. The first-order chi connectivity index (χ1) is 15.5. The van der Waals surface area contributed by atoms with Crippen molar-refractivity contribution in [3.63, 3.8) is 0 Å². The molecule has 1 rings (SSSR count). The average Bonchev–Trinajstić information content (AvgIpc) is 2.62. The van der Waals surface area contributed by atoms with Crippen LogP contribution in [0.3, 0.4) is 0 Å². The zero-order valence-electron chi connectivity index (χ0n) is 19.6. The maximum absolute atomic E-state index is 11.2. The number of likely N-dealkylation sites (N-methyl/N-ethyl adjacent to an activating group) is 1. The first-order valence-corrected chi connectivity index (χ1v) is 9.71. The lowest BCUT2D eigenvalue weighted by Gasteiger charge is -2.30.